The van der Waals surface area contributed by atoms with Crippen molar-refractivity contribution in [1.29, 1.82) is 0 Å². The standard InChI is InChI=1S/C15H20N2O2.ClH/c18-15(11-19-14-4-2-1-3-5-14)17-9-8-12-6-7-13(10-17)16-12;/h1-5,12-13,16H,6-11H2;1H. The van der Waals surface area contributed by atoms with E-state index in [2.05, 4.69) is 5.32 Å². The first-order valence-electron chi connectivity index (χ1n) is 7.03. The molecular formula is C15H21ClN2O2. The second-order valence-corrected chi connectivity index (χ2v) is 5.37. The molecule has 20 heavy (non-hydrogen) atoms. The van der Waals surface area contributed by atoms with Crippen LogP contribution in [0.4, 0.5) is 0 Å². The van der Waals surface area contributed by atoms with Gasteiger partial charge in [-0.2, -0.15) is 0 Å². The van der Waals surface area contributed by atoms with Crippen LogP contribution in [-0.2, 0) is 4.79 Å². The van der Waals surface area contributed by atoms with E-state index in [1.54, 1.807) is 0 Å². The molecular weight excluding hydrogens is 276 g/mol. The Morgan fingerprint density at radius 2 is 1.95 bits per heavy atom. The zero-order chi connectivity index (χ0) is 13.1. The summed E-state index contributed by atoms with van der Waals surface area (Å²) in [6, 6.07) is 10.6. The first-order valence-corrected chi connectivity index (χ1v) is 7.03. The van der Waals surface area contributed by atoms with E-state index in [1.807, 2.05) is 35.2 Å². The molecule has 1 amide bonds. The number of rotatable bonds is 3. The highest BCUT2D eigenvalue weighted by molar-refractivity contribution is 5.85. The average molecular weight is 297 g/mol. The summed E-state index contributed by atoms with van der Waals surface area (Å²) in [7, 11) is 0. The van der Waals surface area contributed by atoms with Crippen LogP contribution in [0.1, 0.15) is 19.3 Å². The van der Waals surface area contributed by atoms with Crippen molar-refractivity contribution in [2.75, 3.05) is 19.7 Å². The lowest BCUT2D eigenvalue weighted by Gasteiger charge is -2.24. The molecule has 2 saturated heterocycles. The van der Waals surface area contributed by atoms with E-state index in [0.29, 0.717) is 12.1 Å². The van der Waals surface area contributed by atoms with Gasteiger partial charge in [-0.05, 0) is 31.4 Å². The average Bonchev–Trinajstić information content (AvgIpc) is 2.77. The third-order valence-electron chi connectivity index (χ3n) is 3.98. The van der Waals surface area contributed by atoms with Crippen molar-refractivity contribution >= 4 is 18.3 Å². The molecule has 3 rings (SSSR count). The van der Waals surface area contributed by atoms with E-state index >= 15 is 0 Å². The fourth-order valence-electron chi connectivity index (χ4n) is 2.92. The first-order chi connectivity index (χ1) is 9.31. The summed E-state index contributed by atoms with van der Waals surface area (Å²) >= 11 is 0. The van der Waals surface area contributed by atoms with E-state index in [4.69, 9.17) is 4.74 Å². The molecule has 110 valence electrons. The third-order valence-corrected chi connectivity index (χ3v) is 3.98. The van der Waals surface area contributed by atoms with Gasteiger partial charge in [0.25, 0.3) is 5.91 Å². The lowest BCUT2D eigenvalue weighted by molar-refractivity contribution is -0.133. The summed E-state index contributed by atoms with van der Waals surface area (Å²) in [6.07, 6.45) is 3.51. The molecule has 0 aliphatic carbocycles. The number of nitrogens with zero attached hydrogens (tertiary/aromatic N) is 1. The lowest BCUT2D eigenvalue weighted by atomic mass is 10.1. The zero-order valence-corrected chi connectivity index (χ0v) is 12.3. The van der Waals surface area contributed by atoms with Crippen molar-refractivity contribution in [2.45, 2.75) is 31.3 Å². The molecule has 1 aromatic rings. The maximum atomic E-state index is 12.2. The minimum atomic E-state index is 0. The molecule has 1 aromatic carbocycles. The van der Waals surface area contributed by atoms with Crippen LogP contribution in [0.5, 0.6) is 5.75 Å². The first kappa shape index (κ1) is 15.1. The topological polar surface area (TPSA) is 41.6 Å². The van der Waals surface area contributed by atoms with Crippen molar-refractivity contribution < 1.29 is 9.53 Å². The van der Waals surface area contributed by atoms with E-state index in [0.717, 1.165) is 25.3 Å². The second-order valence-electron chi connectivity index (χ2n) is 5.37. The van der Waals surface area contributed by atoms with Gasteiger partial charge in [-0.1, -0.05) is 18.2 Å². The lowest BCUT2D eigenvalue weighted by Crippen LogP contribution is -2.41. The molecule has 4 nitrogen and oxygen atoms in total. The number of halogens is 1. The molecule has 2 aliphatic heterocycles. The number of carbonyl (C=O) groups excluding carboxylic acids is 1. The Labute approximate surface area is 125 Å². The Kier molecular flexibility index (Phi) is 5.26. The summed E-state index contributed by atoms with van der Waals surface area (Å²) < 4.78 is 5.53. The fraction of sp³-hybridized carbons (Fsp3) is 0.533. The molecule has 5 heteroatoms. The number of carbonyl (C=O) groups is 1. The van der Waals surface area contributed by atoms with Crippen molar-refractivity contribution in [3.05, 3.63) is 30.3 Å². The van der Waals surface area contributed by atoms with Gasteiger partial charge >= 0.3 is 0 Å². The number of fused-ring (bicyclic) bond motifs is 2. The number of amides is 1. The predicted octanol–water partition coefficient (Wildman–Crippen LogP) is 1.84. The molecule has 2 fully saturated rings. The van der Waals surface area contributed by atoms with E-state index < -0.39 is 0 Å². The Morgan fingerprint density at radius 3 is 2.75 bits per heavy atom. The Bertz CT molecular complexity index is 441. The molecule has 2 heterocycles. The summed E-state index contributed by atoms with van der Waals surface area (Å²) in [5, 5.41) is 3.58. The van der Waals surface area contributed by atoms with Crippen LogP contribution in [-0.4, -0.2) is 42.6 Å². The molecule has 0 saturated carbocycles. The number of hydrogen-bond donors (Lipinski definition) is 1. The van der Waals surface area contributed by atoms with Gasteiger partial charge in [-0.3, -0.25) is 4.79 Å². The Balaban J connectivity index is 0.00000147. The highest BCUT2D eigenvalue weighted by Gasteiger charge is 2.31. The largest absolute Gasteiger partial charge is 0.484 e. The van der Waals surface area contributed by atoms with Crippen LogP contribution < -0.4 is 10.1 Å². The zero-order valence-electron chi connectivity index (χ0n) is 11.5. The maximum Gasteiger partial charge on any atom is 0.260 e. The van der Waals surface area contributed by atoms with Crippen LogP contribution in [0.15, 0.2) is 30.3 Å². The monoisotopic (exact) mass is 296 g/mol. The van der Waals surface area contributed by atoms with E-state index in [9.17, 15) is 4.79 Å². The summed E-state index contributed by atoms with van der Waals surface area (Å²) in [6.45, 7) is 1.82. The number of para-hydroxylation sites is 1. The number of likely N-dealkylation sites (tertiary alicyclic amines) is 1. The van der Waals surface area contributed by atoms with Crippen LogP contribution in [0, 0.1) is 0 Å². The van der Waals surface area contributed by atoms with Crippen molar-refractivity contribution in [3.8, 4) is 5.75 Å². The molecule has 0 spiro atoms. The molecule has 0 radical (unpaired) electrons. The van der Waals surface area contributed by atoms with Gasteiger partial charge in [0, 0.05) is 25.2 Å². The molecule has 2 unspecified atom stereocenters. The summed E-state index contributed by atoms with van der Waals surface area (Å²) in [4.78, 5) is 14.1. The number of nitrogens with one attached hydrogen (secondary N) is 1. The summed E-state index contributed by atoms with van der Waals surface area (Å²) in [5.74, 6) is 0.850. The SMILES string of the molecule is Cl.O=C(COc1ccccc1)N1CCC2CCC(C1)N2. The minimum absolute atomic E-state index is 0. The van der Waals surface area contributed by atoms with E-state index in [-0.39, 0.29) is 24.9 Å². The Hall–Kier alpha value is -1.26. The molecule has 2 aliphatic rings. The van der Waals surface area contributed by atoms with Gasteiger partial charge in [0.15, 0.2) is 6.61 Å². The van der Waals surface area contributed by atoms with Crippen LogP contribution >= 0.6 is 12.4 Å². The fourth-order valence-corrected chi connectivity index (χ4v) is 2.92. The van der Waals surface area contributed by atoms with Gasteiger partial charge in [0.05, 0.1) is 0 Å². The van der Waals surface area contributed by atoms with Crippen molar-refractivity contribution in [3.63, 3.8) is 0 Å². The van der Waals surface area contributed by atoms with Gasteiger partial charge < -0.3 is 15.0 Å². The van der Waals surface area contributed by atoms with E-state index in [1.165, 1.54) is 12.8 Å². The molecule has 1 N–H and O–H groups in total. The molecule has 2 bridgehead atoms. The number of ether oxygens (including phenoxy) is 1. The predicted molar refractivity (Wildman–Crippen MR) is 80.3 cm³/mol. The smallest absolute Gasteiger partial charge is 0.260 e. The normalized spacial score (nSPS) is 24.7. The second kappa shape index (κ2) is 6.95. The highest BCUT2D eigenvalue weighted by Crippen LogP contribution is 2.20. The van der Waals surface area contributed by atoms with Crippen molar-refractivity contribution in [2.24, 2.45) is 0 Å². The Morgan fingerprint density at radius 1 is 1.20 bits per heavy atom. The van der Waals surface area contributed by atoms with Gasteiger partial charge in [-0.15, -0.1) is 12.4 Å². The number of hydrogen-bond acceptors (Lipinski definition) is 3. The van der Waals surface area contributed by atoms with Gasteiger partial charge in [0.2, 0.25) is 0 Å². The molecule has 2 atom stereocenters. The molecule has 0 aromatic heterocycles. The highest BCUT2D eigenvalue weighted by atomic mass is 35.5. The third kappa shape index (κ3) is 3.64. The van der Waals surface area contributed by atoms with Crippen LogP contribution in [0.3, 0.4) is 0 Å². The van der Waals surface area contributed by atoms with Crippen LogP contribution in [0.2, 0.25) is 0 Å². The minimum Gasteiger partial charge on any atom is -0.484 e. The summed E-state index contributed by atoms with van der Waals surface area (Å²) in [5.41, 5.74) is 0. The quantitative estimate of drug-likeness (QED) is 0.925. The van der Waals surface area contributed by atoms with Gasteiger partial charge in [-0.25, -0.2) is 0 Å². The van der Waals surface area contributed by atoms with Crippen molar-refractivity contribution in [1.82, 2.24) is 10.2 Å². The maximum absolute atomic E-state index is 12.2. The van der Waals surface area contributed by atoms with Gasteiger partial charge in [0.1, 0.15) is 5.75 Å². The van der Waals surface area contributed by atoms with Crippen LogP contribution in [0.25, 0.3) is 0 Å². The number of benzene rings is 1.